The van der Waals surface area contributed by atoms with Crippen LogP contribution in [0.25, 0.3) is 6.08 Å². The fourth-order valence-corrected chi connectivity index (χ4v) is 4.05. The van der Waals surface area contributed by atoms with Gasteiger partial charge in [0, 0.05) is 20.0 Å². The average molecular weight is 479 g/mol. The monoisotopic (exact) mass is 479 g/mol. The van der Waals surface area contributed by atoms with Gasteiger partial charge in [-0.15, -0.1) is 0 Å². The Bertz CT molecular complexity index is 1030. The summed E-state index contributed by atoms with van der Waals surface area (Å²) in [6.45, 7) is 3.86. The van der Waals surface area contributed by atoms with Crippen LogP contribution in [-0.2, 0) is 19.1 Å². The summed E-state index contributed by atoms with van der Waals surface area (Å²) in [5.74, 6) is -2.23. The van der Waals surface area contributed by atoms with Crippen LogP contribution in [0.5, 0.6) is 11.5 Å². The normalized spacial score (nSPS) is 17.5. The van der Waals surface area contributed by atoms with Gasteiger partial charge < -0.3 is 19.1 Å². The van der Waals surface area contributed by atoms with Crippen LogP contribution in [0.15, 0.2) is 17.0 Å². The van der Waals surface area contributed by atoms with E-state index in [2.05, 4.69) is 0 Å². The Morgan fingerprint density at radius 1 is 1.27 bits per heavy atom. The maximum Gasteiger partial charge on any atom is 0.322 e. The van der Waals surface area contributed by atoms with Crippen molar-refractivity contribution < 1.29 is 38.3 Å². The second-order valence-corrected chi connectivity index (χ2v) is 7.87. The van der Waals surface area contributed by atoms with E-state index in [1.54, 1.807) is 6.92 Å². The highest BCUT2D eigenvalue weighted by molar-refractivity contribution is 8.18. The molecule has 1 aromatic rings. The maximum absolute atomic E-state index is 12.8. The number of amides is 3. The summed E-state index contributed by atoms with van der Waals surface area (Å²) in [5, 5.41) is 11.1. The highest BCUT2D eigenvalue weighted by Crippen LogP contribution is 2.42. The van der Waals surface area contributed by atoms with Gasteiger partial charge in [-0.25, -0.2) is 0 Å². The van der Waals surface area contributed by atoms with E-state index >= 15 is 0 Å². The highest BCUT2D eigenvalue weighted by atomic mass is 32.2. The van der Waals surface area contributed by atoms with Crippen molar-refractivity contribution in [1.29, 1.82) is 0 Å². The molecule has 1 aromatic carbocycles. The van der Waals surface area contributed by atoms with Gasteiger partial charge >= 0.3 is 11.7 Å². The number of thioether (sulfide) groups is 1. The molecule has 2 saturated heterocycles. The number of imide groups is 1. The molecule has 0 spiro atoms. The van der Waals surface area contributed by atoms with Gasteiger partial charge in [0.25, 0.3) is 11.1 Å². The Hall–Kier alpha value is -3.45. The molecule has 0 bridgehead atoms. The summed E-state index contributed by atoms with van der Waals surface area (Å²) in [5.41, 5.74) is -0.545. The first kappa shape index (κ1) is 24.2. The highest BCUT2D eigenvalue weighted by Gasteiger charge is 2.38. The molecule has 0 aromatic heterocycles. The third-order valence-corrected chi connectivity index (χ3v) is 5.58. The van der Waals surface area contributed by atoms with Crippen molar-refractivity contribution in [1.82, 2.24) is 9.80 Å². The first-order chi connectivity index (χ1) is 15.7. The fraction of sp³-hybridized carbons (Fsp3) is 0.400. The summed E-state index contributed by atoms with van der Waals surface area (Å²) >= 11 is 0.574. The predicted molar refractivity (Wildman–Crippen MR) is 116 cm³/mol. The minimum Gasteiger partial charge on any atom is -0.485 e. The van der Waals surface area contributed by atoms with Gasteiger partial charge in [-0.3, -0.25) is 34.2 Å². The van der Waals surface area contributed by atoms with Crippen molar-refractivity contribution >= 4 is 46.5 Å². The number of esters is 1. The number of nitrogens with zero attached hydrogens (tertiary/aromatic N) is 3. The number of morpholine rings is 1. The van der Waals surface area contributed by atoms with E-state index in [1.165, 1.54) is 23.1 Å². The summed E-state index contributed by atoms with van der Waals surface area (Å²) in [6, 6.07) is 2.59. The third kappa shape index (κ3) is 5.49. The molecule has 0 atom stereocenters. The van der Waals surface area contributed by atoms with E-state index in [4.69, 9.17) is 14.2 Å². The van der Waals surface area contributed by atoms with Crippen molar-refractivity contribution in [2.24, 2.45) is 0 Å². The van der Waals surface area contributed by atoms with Gasteiger partial charge in [0.05, 0.1) is 35.2 Å². The van der Waals surface area contributed by atoms with Crippen molar-refractivity contribution in [3.63, 3.8) is 0 Å². The van der Waals surface area contributed by atoms with Gasteiger partial charge in [0.15, 0.2) is 5.75 Å². The molecule has 0 N–H and O–H groups in total. The largest absolute Gasteiger partial charge is 0.485 e. The summed E-state index contributed by atoms with van der Waals surface area (Å²) in [4.78, 5) is 62.2. The summed E-state index contributed by atoms with van der Waals surface area (Å²) < 4.78 is 15.5. The molecule has 2 heterocycles. The number of ether oxygens (including phenoxy) is 3. The molecule has 0 aliphatic carbocycles. The standard InChI is InChI=1S/C20H21N3O9S/c1-3-31-18-14(32-12(2)24)5-4-13(17(18)23(28)29)10-15-19(26)22(20(27)33-15)11-16(25)21-6-8-30-9-7-21/h4-5,10H,3,6-9,11H2,1-2H3/b15-10-. The molecule has 0 unspecified atom stereocenters. The third-order valence-electron chi connectivity index (χ3n) is 4.67. The second kappa shape index (κ2) is 10.4. The topological polar surface area (TPSA) is 146 Å². The first-order valence-electron chi connectivity index (χ1n) is 9.96. The predicted octanol–water partition coefficient (Wildman–Crippen LogP) is 1.81. The van der Waals surface area contributed by atoms with Crippen LogP contribution in [0.2, 0.25) is 0 Å². The molecule has 2 aliphatic heterocycles. The zero-order valence-corrected chi connectivity index (χ0v) is 18.7. The molecule has 3 rings (SSSR count). The van der Waals surface area contributed by atoms with Gasteiger partial charge in [0.2, 0.25) is 11.7 Å². The number of carbonyl (C=O) groups excluding carboxylic acids is 4. The number of hydrogen-bond donors (Lipinski definition) is 0. The maximum atomic E-state index is 12.8. The van der Waals surface area contributed by atoms with E-state index in [-0.39, 0.29) is 28.6 Å². The Balaban J connectivity index is 1.90. The Labute approximate surface area is 192 Å². The number of benzene rings is 1. The summed E-state index contributed by atoms with van der Waals surface area (Å²) in [7, 11) is 0. The molecule has 176 valence electrons. The number of rotatable bonds is 7. The quantitative estimate of drug-likeness (QED) is 0.187. The number of carbonyl (C=O) groups is 4. The molecule has 12 nitrogen and oxygen atoms in total. The van der Waals surface area contributed by atoms with Gasteiger partial charge in [-0.05, 0) is 36.9 Å². The lowest BCUT2D eigenvalue weighted by molar-refractivity contribution is -0.386. The lowest BCUT2D eigenvalue weighted by atomic mass is 10.1. The SMILES string of the molecule is CCOc1c(OC(C)=O)ccc(/C=C2\SC(=O)N(CC(=O)N3CCOCC3)C2=O)c1[N+](=O)[O-]. The lowest BCUT2D eigenvalue weighted by Crippen LogP contribution is -2.46. The van der Waals surface area contributed by atoms with Gasteiger partial charge in [-0.2, -0.15) is 0 Å². The molecule has 13 heteroatoms. The van der Waals surface area contributed by atoms with Crippen LogP contribution in [0.4, 0.5) is 10.5 Å². The van der Waals surface area contributed by atoms with Gasteiger partial charge in [0.1, 0.15) is 6.54 Å². The number of nitro groups is 1. The van der Waals surface area contributed by atoms with Crippen molar-refractivity contribution in [2.75, 3.05) is 39.5 Å². The van der Waals surface area contributed by atoms with Crippen molar-refractivity contribution in [2.45, 2.75) is 13.8 Å². The molecule has 33 heavy (non-hydrogen) atoms. The molecular formula is C20H21N3O9S. The molecule has 3 amide bonds. The van der Waals surface area contributed by atoms with Crippen LogP contribution in [0, 0.1) is 10.1 Å². The second-order valence-electron chi connectivity index (χ2n) is 6.88. The Kier molecular flexibility index (Phi) is 7.66. The number of hydrogen-bond acceptors (Lipinski definition) is 10. The number of nitro benzene ring substituents is 1. The zero-order valence-electron chi connectivity index (χ0n) is 17.9. The van der Waals surface area contributed by atoms with E-state index in [1.807, 2.05) is 0 Å². The van der Waals surface area contributed by atoms with Crippen molar-refractivity contribution in [3.05, 3.63) is 32.7 Å². The molecule has 2 aliphatic rings. The molecular weight excluding hydrogens is 458 g/mol. The molecule has 2 fully saturated rings. The van der Waals surface area contributed by atoms with Crippen LogP contribution in [-0.4, -0.2) is 77.2 Å². The van der Waals surface area contributed by atoms with E-state index in [0.29, 0.717) is 38.1 Å². The Morgan fingerprint density at radius 2 is 1.97 bits per heavy atom. The minimum atomic E-state index is -0.733. The molecule has 0 saturated carbocycles. The van der Waals surface area contributed by atoms with E-state index in [9.17, 15) is 29.3 Å². The van der Waals surface area contributed by atoms with Crippen LogP contribution < -0.4 is 9.47 Å². The smallest absolute Gasteiger partial charge is 0.322 e. The van der Waals surface area contributed by atoms with Crippen LogP contribution >= 0.6 is 11.8 Å². The summed E-state index contributed by atoms with van der Waals surface area (Å²) in [6.07, 6.45) is 1.18. The molecule has 0 radical (unpaired) electrons. The first-order valence-corrected chi connectivity index (χ1v) is 10.8. The van der Waals surface area contributed by atoms with Crippen LogP contribution in [0.3, 0.4) is 0 Å². The van der Waals surface area contributed by atoms with Crippen molar-refractivity contribution in [3.8, 4) is 11.5 Å². The van der Waals surface area contributed by atoms with E-state index in [0.717, 1.165) is 11.8 Å². The van der Waals surface area contributed by atoms with Gasteiger partial charge in [-0.1, -0.05) is 0 Å². The average Bonchev–Trinajstić information content (AvgIpc) is 3.03. The minimum absolute atomic E-state index is 0.0237. The Morgan fingerprint density at radius 3 is 2.58 bits per heavy atom. The van der Waals surface area contributed by atoms with E-state index < -0.39 is 40.2 Å². The lowest BCUT2D eigenvalue weighted by Gasteiger charge is -2.28. The zero-order chi connectivity index (χ0) is 24.1. The fourth-order valence-electron chi connectivity index (χ4n) is 3.22. The van der Waals surface area contributed by atoms with Crippen LogP contribution in [0.1, 0.15) is 19.4 Å².